The summed E-state index contributed by atoms with van der Waals surface area (Å²) in [6.45, 7) is 7.91. The SMILES string of the molecule is Cc1cccc(C(=O)Nc2ccc(NC(=O)C(C)Oc3ccc(C(C)C)cc3)cc2)c1. The van der Waals surface area contributed by atoms with Gasteiger partial charge in [-0.3, -0.25) is 9.59 Å². The van der Waals surface area contributed by atoms with Crippen molar-refractivity contribution in [2.75, 3.05) is 10.6 Å². The van der Waals surface area contributed by atoms with E-state index >= 15 is 0 Å². The molecule has 1 atom stereocenters. The summed E-state index contributed by atoms with van der Waals surface area (Å²) in [5.41, 5.74) is 4.13. The van der Waals surface area contributed by atoms with Crippen LogP contribution in [-0.4, -0.2) is 17.9 Å². The summed E-state index contributed by atoms with van der Waals surface area (Å²) in [6, 6.07) is 22.2. The topological polar surface area (TPSA) is 67.4 Å². The van der Waals surface area contributed by atoms with Gasteiger partial charge in [0.1, 0.15) is 5.75 Å². The fourth-order valence-corrected chi connectivity index (χ4v) is 3.06. The molecule has 3 rings (SSSR count). The van der Waals surface area contributed by atoms with E-state index in [1.54, 1.807) is 37.3 Å². The average Bonchev–Trinajstić information content (AvgIpc) is 2.75. The first-order chi connectivity index (χ1) is 14.8. The highest BCUT2D eigenvalue weighted by Crippen LogP contribution is 2.20. The average molecular weight is 417 g/mol. The molecule has 3 aromatic rings. The number of amides is 2. The van der Waals surface area contributed by atoms with Crippen LogP contribution in [0.4, 0.5) is 11.4 Å². The number of carbonyl (C=O) groups excluding carboxylic acids is 2. The Morgan fingerprint density at radius 1 is 0.806 bits per heavy atom. The van der Waals surface area contributed by atoms with E-state index < -0.39 is 6.10 Å². The van der Waals surface area contributed by atoms with Crippen LogP contribution < -0.4 is 15.4 Å². The Balaban J connectivity index is 1.54. The largest absolute Gasteiger partial charge is 0.481 e. The lowest BCUT2D eigenvalue weighted by molar-refractivity contribution is -0.122. The van der Waals surface area contributed by atoms with Crippen LogP contribution in [-0.2, 0) is 4.79 Å². The molecule has 0 fully saturated rings. The zero-order chi connectivity index (χ0) is 22.4. The first kappa shape index (κ1) is 22.1. The van der Waals surface area contributed by atoms with Crippen molar-refractivity contribution in [1.29, 1.82) is 0 Å². The molecule has 0 heterocycles. The number of anilines is 2. The lowest BCUT2D eigenvalue weighted by Crippen LogP contribution is -2.30. The first-order valence-corrected chi connectivity index (χ1v) is 10.4. The van der Waals surface area contributed by atoms with Crippen molar-refractivity contribution < 1.29 is 14.3 Å². The molecule has 3 aromatic carbocycles. The standard InChI is InChI=1S/C26H28N2O3/c1-17(2)20-8-14-24(15-9-20)31-19(4)25(29)27-22-10-12-23(13-11-22)28-26(30)21-7-5-6-18(3)16-21/h5-17,19H,1-4H3,(H,27,29)(H,28,30). The molecule has 0 aliphatic carbocycles. The Kier molecular flexibility index (Phi) is 7.08. The second-order valence-corrected chi connectivity index (χ2v) is 7.87. The third kappa shape index (κ3) is 6.19. The van der Waals surface area contributed by atoms with Gasteiger partial charge in [-0.15, -0.1) is 0 Å². The molecule has 0 radical (unpaired) electrons. The van der Waals surface area contributed by atoms with Crippen LogP contribution in [0.2, 0.25) is 0 Å². The lowest BCUT2D eigenvalue weighted by Gasteiger charge is -2.16. The molecule has 1 unspecified atom stereocenters. The third-order valence-electron chi connectivity index (χ3n) is 4.92. The molecular formula is C26H28N2O3. The van der Waals surface area contributed by atoms with E-state index in [1.807, 2.05) is 49.4 Å². The van der Waals surface area contributed by atoms with Gasteiger partial charge in [0.25, 0.3) is 11.8 Å². The molecule has 5 heteroatoms. The van der Waals surface area contributed by atoms with Gasteiger partial charge >= 0.3 is 0 Å². The second kappa shape index (κ2) is 9.94. The molecule has 0 bridgehead atoms. The minimum Gasteiger partial charge on any atom is -0.481 e. The Labute approximate surface area is 183 Å². The van der Waals surface area contributed by atoms with Crippen molar-refractivity contribution >= 4 is 23.2 Å². The monoisotopic (exact) mass is 416 g/mol. The molecule has 0 saturated carbocycles. The van der Waals surface area contributed by atoms with Gasteiger partial charge in [0.2, 0.25) is 0 Å². The highest BCUT2D eigenvalue weighted by Gasteiger charge is 2.15. The number of carbonyl (C=O) groups is 2. The predicted molar refractivity (Wildman–Crippen MR) is 125 cm³/mol. The minimum absolute atomic E-state index is 0.175. The van der Waals surface area contributed by atoms with Crippen molar-refractivity contribution in [2.45, 2.75) is 39.7 Å². The van der Waals surface area contributed by atoms with Crippen LogP contribution in [0.15, 0.2) is 72.8 Å². The summed E-state index contributed by atoms with van der Waals surface area (Å²) in [4.78, 5) is 24.8. The first-order valence-electron chi connectivity index (χ1n) is 10.4. The Hall–Kier alpha value is -3.60. The van der Waals surface area contributed by atoms with E-state index in [1.165, 1.54) is 5.56 Å². The van der Waals surface area contributed by atoms with Crippen LogP contribution in [0, 0.1) is 6.92 Å². The molecule has 0 aliphatic rings. The summed E-state index contributed by atoms with van der Waals surface area (Å²) in [5.74, 6) is 0.677. The zero-order valence-electron chi connectivity index (χ0n) is 18.3. The molecule has 5 nitrogen and oxygen atoms in total. The quantitative estimate of drug-likeness (QED) is 0.513. The number of benzene rings is 3. The number of rotatable bonds is 7. The van der Waals surface area contributed by atoms with Gasteiger partial charge in [0.05, 0.1) is 0 Å². The maximum Gasteiger partial charge on any atom is 0.265 e. The van der Waals surface area contributed by atoms with Crippen molar-refractivity contribution in [2.24, 2.45) is 0 Å². The van der Waals surface area contributed by atoms with Gasteiger partial charge in [-0.25, -0.2) is 0 Å². The van der Waals surface area contributed by atoms with Crippen LogP contribution >= 0.6 is 0 Å². The number of aryl methyl sites for hydroxylation is 1. The Morgan fingerprint density at radius 3 is 2.00 bits per heavy atom. The van der Waals surface area contributed by atoms with Gasteiger partial charge in [-0.1, -0.05) is 43.7 Å². The van der Waals surface area contributed by atoms with Gasteiger partial charge in [0, 0.05) is 16.9 Å². The van der Waals surface area contributed by atoms with Crippen LogP contribution in [0.25, 0.3) is 0 Å². The fraction of sp³-hybridized carbons (Fsp3) is 0.231. The van der Waals surface area contributed by atoms with Crippen LogP contribution in [0.1, 0.15) is 48.2 Å². The van der Waals surface area contributed by atoms with Gasteiger partial charge in [-0.2, -0.15) is 0 Å². The lowest BCUT2D eigenvalue weighted by atomic mass is 10.0. The molecule has 2 amide bonds. The van der Waals surface area contributed by atoms with Gasteiger partial charge in [-0.05, 0) is 73.9 Å². The molecule has 160 valence electrons. The summed E-state index contributed by atoms with van der Waals surface area (Å²) >= 11 is 0. The van der Waals surface area contributed by atoms with Gasteiger partial charge < -0.3 is 15.4 Å². The summed E-state index contributed by atoms with van der Waals surface area (Å²) in [7, 11) is 0. The zero-order valence-corrected chi connectivity index (χ0v) is 18.3. The predicted octanol–water partition coefficient (Wildman–Crippen LogP) is 5.78. The van der Waals surface area contributed by atoms with E-state index in [2.05, 4.69) is 24.5 Å². The van der Waals surface area contributed by atoms with E-state index in [0.29, 0.717) is 28.6 Å². The van der Waals surface area contributed by atoms with E-state index in [-0.39, 0.29) is 11.8 Å². The molecule has 0 spiro atoms. The maximum absolute atomic E-state index is 12.5. The number of nitrogens with one attached hydrogen (secondary N) is 2. The van der Waals surface area contributed by atoms with Crippen molar-refractivity contribution in [1.82, 2.24) is 0 Å². The minimum atomic E-state index is -0.648. The molecule has 0 saturated heterocycles. The highest BCUT2D eigenvalue weighted by atomic mass is 16.5. The van der Waals surface area contributed by atoms with E-state index in [9.17, 15) is 9.59 Å². The van der Waals surface area contributed by atoms with Crippen molar-refractivity contribution in [3.05, 3.63) is 89.5 Å². The third-order valence-corrected chi connectivity index (χ3v) is 4.92. The maximum atomic E-state index is 12.5. The van der Waals surface area contributed by atoms with E-state index in [0.717, 1.165) is 5.56 Å². The Bertz CT molecular complexity index is 1040. The van der Waals surface area contributed by atoms with Crippen LogP contribution in [0.3, 0.4) is 0 Å². The van der Waals surface area contributed by atoms with Crippen molar-refractivity contribution in [3.63, 3.8) is 0 Å². The molecule has 0 aromatic heterocycles. The number of hydrogen-bond donors (Lipinski definition) is 2. The molecule has 31 heavy (non-hydrogen) atoms. The second-order valence-electron chi connectivity index (χ2n) is 7.87. The number of ether oxygens (including phenoxy) is 1. The number of hydrogen-bond acceptors (Lipinski definition) is 3. The summed E-state index contributed by atoms with van der Waals surface area (Å²) in [6.07, 6.45) is -0.648. The Morgan fingerprint density at radius 2 is 1.42 bits per heavy atom. The summed E-state index contributed by atoms with van der Waals surface area (Å²) < 4.78 is 5.75. The normalized spacial score (nSPS) is 11.6. The smallest absolute Gasteiger partial charge is 0.265 e. The van der Waals surface area contributed by atoms with Crippen LogP contribution in [0.5, 0.6) is 5.75 Å². The highest BCUT2D eigenvalue weighted by molar-refractivity contribution is 6.04. The van der Waals surface area contributed by atoms with Crippen molar-refractivity contribution in [3.8, 4) is 5.75 Å². The van der Waals surface area contributed by atoms with Gasteiger partial charge in [0.15, 0.2) is 6.10 Å². The molecule has 2 N–H and O–H groups in total. The summed E-state index contributed by atoms with van der Waals surface area (Å²) in [5, 5.41) is 5.69. The molecular weight excluding hydrogens is 388 g/mol. The fourth-order valence-electron chi connectivity index (χ4n) is 3.06. The molecule has 0 aliphatic heterocycles. The van der Waals surface area contributed by atoms with E-state index in [4.69, 9.17) is 4.74 Å².